The van der Waals surface area contributed by atoms with Gasteiger partial charge in [0.25, 0.3) is 0 Å². The molecule has 2 aromatic rings. The number of piperazine rings is 1. The zero-order valence-electron chi connectivity index (χ0n) is 15.7. The summed E-state index contributed by atoms with van der Waals surface area (Å²) in [5.41, 5.74) is 6.25. The Bertz CT molecular complexity index is 850. The number of anilines is 1. The van der Waals surface area contributed by atoms with Crippen LogP contribution in [0.2, 0.25) is 5.02 Å². The first kappa shape index (κ1) is 20.5. The molecule has 0 bridgehead atoms. The number of hydrogen-bond donors (Lipinski definition) is 1. The lowest BCUT2D eigenvalue weighted by molar-refractivity contribution is -0.128. The molecule has 0 atom stereocenters. The van der Waals surface area contributed by atoms with Gasteiger partial charge < -0.3 is 20.1 Å². The normalized spacial score (nSPS) is 14.4. The summed E-state index contributed by atoms with van der Waals surface area (Å²) in [5, 5.41) is 9.55. The third-order valence-corrected chi connectivity index (χ3v) is 5.89. The second-order valence-electron chi connectivity index (χ2n) is 6.56. The van der Waals surface area contributed by atoms with Gasteiger partial charge in [-0.1, -0.05) is 29.4 Å². The van der Waals surface area contributed by atoms with Crippen LogP contribution in [-0.4, -0.2) is 63.4 Å². The number of nitrogens with two attached hydrogens (primary N) is 1. The monoisotopic (exact) mass is 422 g/mol. The molecule has 8 nitrogen and oxygen atoms in total. The summed E-state index contributed by atoms with van der Waals surface area (Å²) in [6, 6.07) is 7.76. The van der Waals surface area contributed by atoms with Crippen LogP contribution in [0.5, 0.6) is 0 Å². The number of hydrogen-bond acceptors (Lipinski definition) is 6. The highest BCUT2D eigenvalue weighted by molar-refractivity contribution is 7.99. The van der Waals surface area contributed by atoms with Crippen molar-refractivity contribution in [1.82, 2.24) is 19.7 Å². The van der Waals surface area contributed by atoms with E-state index in [0.717, 1.165) is 18.8 Å². The molecule has 0 spiro atoms. The van der Waals surface area contributed by atoms with Crippen LogP contribution < -0.4 is 10.6 Å². The van der Waals surface area contributed by atoms with Crippen LogP contribution in [0.3, 0.4) is 0 Å². The molecule has 2 N–H and O–H groups in total. The zero-order chi connectivity index (χ0) is 20.1. The van der Waals surface area contributed by atoms with Gasteiger partial charge in [-0.2, -0.15) is 0 Å². The molecule has 0 aliphatic carbocycles. The first-order valence-corrected chi connectivity index (χ1v) is 10.4. The van der Waals surface area contributed by atoms with Gasteiger partial charge in [0, 0.05) is 56.8 Å². The standard InChI is InChI=1S/C18H23ClN6O2S/c1-23-16(6-5-15(20)26)21-22-18(23)28-12-17(27)25-9-7-24(8-10-25)14-4-2-3-13(19)11-14/h2-4,11H,5-10,12H2,1H3,(H2,20,26). The fraction of sp³-hybridized carbons (Fsp3) is 0.444. The number of primary amides is 1. The largest absolute Gasteiger partial charge is 0.370 e. The smallest absolute Gasteiger partial charge is 0.233 e. The lowest BCUT2D eigenvalue weighted by Crippen LogP contribution is -2.49. The van der Waals surface area contributed by atoms with E-state index in [1.165, 1.54) is 11.8 Å². The molecule has 1 fully saturated rings. The van der Waals surface area contributed by atoms with E-state index in [1.54, 1.807) is 4.57 Å². The average molecular weight is 423 g/mol. The van der Waals surface area contributed by atoms with Crippen molar-refractivity contribution in [3.8, 4) is 0 Å². The summed E-state index contributed by atoms with van der Waals surface area (Å²) in [4.78, 5) is 27.6. The lowest BCUT2D eigenvalue weighted by Gasteiger charge is -2.36. The first-order valence-electron chi connectivity index (χ1n) is 9.01. The molecule has 0 radical (unpaired) electrons. The minimum atomic E-state index is -0.371. The molecular weight excluding hydrogens is 400 g/mol. The molecule has 150 valence electrons. The molecule has 1 aromatic carbocycles. The highest BCUT2D eigenvalue weighted by atomic mass is 35.5. The van der Waals surface area contributed by atoms with E-state index in [-0.39, 0.29) is 18.2 Å². The molecule has 1 aliphatic heterocycles. The van der Waals surface area contributed by atoms with E-state index in [9.17, 15) is 9.59 Å². The summed E-state index contributed by atoms with van der Waals surface area (Å²) >= 11 is 7.42. The van der Waals surface area contributed by atoms with E-state index in [2.05, 4.69) is 15.1 Å². The summed E-state index contributed by atoms with van der Waals surface area (Å²) in [7, 11) is 1.83. The summed E-state index contributed by atoms with van der Waals surface area (Å²) in [6.07, 6.45) is 0.672. The SMILES string of the molecule is Cn1c(CCC(N)=O)nnc1SCC(=O)N1CCN(c2cccc(Cl)c2)CC1. The summed E-state index contributed by atoms with van der Waals surface area (Å²) < 4.78 is 1.80. The van der Waals surface area contributed by atoms with E-state index < -0.39 is 0 Å². The summed E-state index contributed by atoms with van der Waals surface area (Å²) in [6.45, 7) is 2.90. The number of halogens is 1. The fourth-order valence-corrected chi connectivity index (χ4v) is 4.05. The topological polar surface area (TPSA) is 97.3 Å². The maximum Gasteiger partial charge on any atom is 0.233 e. The second-order valence-corrected chi connectivity index (χ2v) is 7.94. The van der Waals surface area contributed by atoms with Crippen LogP contribution in [-0.2, 0) is 23.1 Å². The van der Waals surface area contributed by atoms with Crippen LogP contribution >= 0.6 is 23.4 Å². The Kier molecular flexibility index (Phi) is 6.79. The average Bonchev–Trinajstić information content (AvgIpc) is 3.04. The van der Waals surface area contributed by atoms with Crippen molar-refractivity contribution in [2.45, 2.75) is 18.0 Å². The third-order valence-electron chi connectivity index (χ3n) is 4.65. The molecule has 0 saturated carbocycles. The van der Waals surface area contributed by atoms with Crippen molar-refractivity contribution >= 4 is 40.9 Å². The number of aryl methyl sites for hydroxylation is 1. The number of amides is 2. The van der Waals surface area contributed by atoms with Crippen molar-refractivity contribution in [3.05, 3.63) is 35.1 Å². The number of nitrogens with zero attached hydrogens (tertiary/aromatic N) is 5. The van der Waals surface area contributed by atoms with Crippen LogP contribution in [0, 0.1) is 0 Å². The third kappa shape index (κ3) is 5.17. The van der Waals surface area contributed by atoms with E-state index in [1.807, 2.05) is 36.2 Å². The molecule has 1 aliphatic rings. The number of benzene rings is 1. The number of thioether (sulfide) groups is 1. The van der Waals surface area contributed by atoms with Crippen LogP contribution in [0.25, 0.3) is 0 Å². The maximum atomic E-state index is 12.5. The molecule has 3 rings (SSSR count). The predicted octanol–water partition coefficient (Wildman–Crippen LogP) is 1.33. The van der Waals surface area contributed by atoms with Crippen LogP contribution in [0.4, 0.5) is 5.69 Å². The van der Waals surface area contributed by atoms with Gasteiger partial charge in [-0.3, -0.25) is 9.59 Å². The van der Waals surface area contributed by atoms with Crippen molar-refractivity contribution in [1.29, 1.82) is 0 Å². The van der Waals surface area contributed by atoms with Gasteiger partial charge in [0.1, 0.15) is 5.82 Å². The van der Waals surface area contributed by atoms with Crippen molar-refractivity contribution in [2.24, 2.45) is 12.8 Å². The van der Waals surface area contributed by atoms with Gasteiger partial charge in [0.05, 0.1) is 5.75 Å². The molecule has 2 heterocycles. The highest BCUT2D eigenvalue weighted by Gasteiger charge is 2.22. The summed E-state index contributed by atoms with van der Waals surface area (Å²) in [5.74, 6) is 0.699. The van der Waals surface area contributed by atoms with Gasteiger partial charge in [0.2, 0.25) is 11.8 Å². The number of rotatable bonds is 7. The Morgan fingerprint density at radius 3 is 2.64 bits per heavy atom. The van der Waals surface area contributed by atoms with Gasteiger partial charge in [-0.05, 0) is 18.2 Å². The molecule has 2 amide bonds. The van der Waals surface area contributed by atoms with Gasteiger partial charge in [-0.15, -0.1) is 10.2 Å². The molecule has 0 unspecified atom stereocenters. The molecular formula is C18H23ClN6O2S. The zero-order valence-corrected chi connectivity index (χ0v) is 17.2. The molecule has 28 heavy (non-hydrogen) atoms. The lowest BCUT2D eigenvalue weighted by atomic mass is 10.2. The predicted molar refractivity (Wildman–Crippen MR) is 109 cm³/mol. The van der Waals surface area contributed by atoms with Crippen LogP contribution in [0.1, 0.15) is 12.2 Å². The second kappa shape index (κ2) is 9.29. The van der Waals surface area contributed by atoms with E-state index in [4.69, 9.17) is 17.3 Å². The molecule has 10 heteroatoms. The van der Waals surface area contributed by atoms with Gasteiger partial charge in [0.15, 0.2) is 5.16 Å². The molecule has 1 saturated heterocycles. The maximum absolute atomic E-state index is 12.5. The number of carbonyl (C=O) groups excluding carboxylic acids is 2. The minimum absolute atomic E-state index is 0.0810. The van der Waals surface area contributed by atoms with Gasteiger partial charge >= 0.3 is 0 Å². The Labute approximate surface area is 173 Å². The Morgan fingerprint density at radius 2 is 1.96 bits per heavy atom. The Balaban J connectivity index is 1.48. The number of aromatic nitrogens is 3. The fourth-order valence-electron chi connectivity index (χ4n) is 3.03. The quantitative estimate of drug-likeness (QED) is 0.676. The Hall–Kier alpha value is -2.26. The van der Waals surface area contributed by atoms with Gasteiger partial charge in [-0.25, -0.2) is 0 Å². The van der Waals surface area contributed by atoms with Crippen molar-refractivity contribution < 1.29 is 9.59 Å². The van der Waals surface area contributed by atoms with E-state index in [0.29, 0.717) is 41.3 Å². The van der Waals surface area contributed by atoms with Crippen molar-refractivity contribution in [2.75, 3.05) is 36.8 Å². The highest BCUT2D eigenvalue weighted by Crippen LogP contribution is 2.22. The Morgan fingerprint density at radius 1 is 1.21 bits per heavy atom. The first-order chi connectivity index (χ1) is 13.4. The van der Waals surface area contributed by atoms with Crippen molar-refractivity contribution in [3.63, 3.8) is 0 Å². The van der Waals surface area contributed by atoms with Crippen LogP contribution in [0.15, 0.2) is 29.4 Å². The van der Waals surface area contributed by atoms with E-state index >= 15 is 0 Å². The molecule has 1 aromatic heterocycles. The minimum Gasteiger partial charge on any atom is -0.370 e. The number of carbonyl (C=O) groups is 2.